The number of amides is 1. The van der Waals surface area contributed by atoms with E-state index in [1.165, 1.54) is 11.3 Å². The quantitative estimate of drug-likeness (QED) is 0.548. The average molecular weight is 458 g/mol. The van der Waals surface area contributed by atoms with Gasteiger partial charge in [-0.25, -0.2) is 8.42 Å². The van der Waals surface area contributed by atoms with Crippen LogP contribution in [-0.4, -0.2) is 27.5 Å². The first-order chi connectivity index (χ1) is 15.0. The van der Waals surface area contributed by atoms with Gasteiger partial charge < -0.3 is 14.8 Å². The van der Waals surface area contributed by atoms with Gasteiger partial charge in [-0.05, 0) is 43.7 Å². The molecule has 1 atom stereocenters. The van der Waals surface area contributed by atoms with Crippen molar-refractivity contribution < 1.29 is 22.7 Å². The third-order valence-electron chi connectivity index (χ3n) is 5.07. The van der Waals surface area contributed by atoms with Gasteiger partial charge in [-0.3, -0.25) is 4.79 Å². The molecule has 4 rings (SSSR count). The standard InChI is InChI=1S/C23H23NO5S2/c1-3-28-18-11-10-15(12-19(18)29-4-2)17-13-21(25)24-22-20(14-30-23(17)22)31(26,27)16-8-6-5-7-9-16/h5-12,14,17H,3-4,13H2,1-2H3,(H,24,25)/t17-/m0/s1. The summed E-state index contributed by atoms with van der Waals surface area (Å²) in [5, 5.41) is 4.41. The van der Waals surface area contributed by atoms with Crippen molar-refractivity contribution in [2.45, 2.75) is 36.0 Å². The summed E-state index contributed by atoms with van der Waals surface area (Å²) in [4.78, 5) is 13.7. The Morgan fingerprint density at radius 3 is 2.45 bits per heavy atom. The van der Waals surface area contributed by atoms with Crippen molar-refractivity contribution in [2.75, 3.05) is 18.5 Å². The normalized spacial score (nSPS) is 15.8. The molecule has 1 aliphatic heterocycles. The van der Waals surface area contributed by atoms with Crippen molar-refractivity contribution in [1.29, 1.82) is 0 Å². The van der Waals surface area contributed by atoms with E-state index in [9.17, 15) is 13.2 Å². The van der Waals surface area contributed by atoms with E-state index in [1.807, 2.05) is 32.0 Å². The Labute approximate surface area is 185 Å². The van der Waals surface area contributed by atoms with Crippen molar-refractivity contribution >= 4 is 32.8 Å². The zero-order valence-electron chi connectivity index (χ0n) is 17.3. The molecule has 1 aromatic heterocycles. The molecule has 1 aliphatic rings. The molecule has 0 unspecified atom stereocenters. The fraction of sp³-hybridized carbons (Fsp3) is 0.261. The second-order valence-electron chi connectivity index (χ2n) is 7.03. The van der Waals surface area contributed by atoms with Crippen LogP contribution in [0.15, 0.2) is 63.7 Å². The van der Waals surface area contributed by atoms with Crippen LogP contribution in [0.25, 0.3) is 0 Å². The molecule has 0 saturated heterocycles. The maximum Gasteiger partial charge on any atom is 0.225 e. The highest BCUT2D eigenvalue weighted by Gasteiger charge is 2.34. The number of carbonyl (C=O) groups is 1. The van der Waals surface area contributed by atoms with Crippen LogP contribution in [0.3, 0.4) is 0 Å². The van der Waals surface area contributed by atoms with Gasteiger partial charge in [0.25, 0.3) is 0 Å². The lowest BCUT2D eigenvalue weighted by Crippen LogP contribution is -2.23. The third-order valence-corrected chi connectivity index (χ3v) is 8.11. The number of carbonyl (C=O) groups excluding carboxylic acids is 1. The van der Waals surface area contributed by atoms with Gasteiger partial charge in [0, 0.05) is 22.6 Å². The van der Waals surface area contributed by atoms with E-state index in [0.29, 0.717) is 30.4 Å². The van der Waals surface area contributed by atoms with E-state index in [1.54, 1.807) is 35.7 Å². The lowest BCUT2D eigenvalue weighted by atomic mass is 9.90. The molecule has 6 nitrogen and oxygen atoms in total. The molecule has 0 fully saturated rings. The molecule has 2 heterocycles. The number of ether oxygens (including phenoxy) is 2. The summed E-state index contributed by atoms with van der Waals surface area (Å²) in [6.45, 7) is 4.80. The predicted molar refractivity (Wildman–Crippen MR) is 120 cm³/mol. The first kappa shape index (κ1) is 21.4. The van der Waals surface area contributed by atoms with Crippen molar-refractivity contribution in [1.82, 2.24) is 0 Å². The Morgan fingerprint density at radius 2 is 1.74 bits per heavy atom. The first-order valence-corrected chi connectivity index (χ1v) is 12.4. The molecule has 31 heavy (non-hydrogen) atoms. The predicted octanol–water partition coefficient (Wildman–Crippen LogP) is 4.85. The maximum absolute atomic E-state index is 13.2. The summed E-state index contributed by atoms with van der Waals surface area (Å²) in [6.07, 6.45) is 0.234. The molecule has 1 N–H and O–H groups in total. The minimum atomic E-state index is -3.75. The van der Waals surface area contributed by atoms with Crippen LogP contribution in [-0.2, 0) is 14.6 Å². The molecule has 2 aromatic carbocycles. The molecule has 0 radical (unpaired) electrons. The zero-order valence-corrected chi connectivity index (χ0v) is 18.9. The molecule has 0 bridgehead atoms. The minimum absolute atomic E-state index is 0.132. The highest BCUT2D eigenvalue weighted by atomic mass is 32.2. The molecule has 0 spiro atoms. The molecule has 162 valence electrons. The van der Waals surface area contributed by atoms with E-state index >= 15 is 0 Å². The zero-order chi connectivity index (χ0) is 22.0. The maximum atomic E-state index is 13.2. The van der Waals surface area contributed by atoms with Crippen molar-refractivity contribution in [3.8, 4) is 11.5 Å². The molecule has 3 aromatic rings. The van der Waals surface area contributed by atoms with E-state index in [2.05, 4.69) is 5.32 Å². The number of anilines is 1. The SMILES string of the molecule is CCOc1ccc([C@@H]2CC(=O)Nc3c(S(=O)(=O)c4ccccc4)csc32)cc1OCC. The highest BCUT2D eigenvalue weighted by molar-refractivity contribution is 7.91. The van der Waals surface area contributed by atoms with Gasteiger partial charge in [0.15, 0.2) is 11.5 Å². The molecular weight excluding hydrogens is 434 g/mol. The Bertz CT molecular complexity index is 1200. The Hall–Kier alpha value is -2.84. The summed E-state index contributed by atoms with van der Waals surface area (Å²) in [6, 6.07) is 13.9. The van der Waals surface area contributed by atoms with Crippen LogP contribution in [0.5, 0.6) is 11.5 Å². The van der Waals surface area contributed by atoms with Crippen molar-refractivity contribution in [2.24, 2.45) is 0 Å². The van der Waals surface area contributed by atoms with Gasteiger partial charge in [-0.2, -0.15) is 0 Å². The summed E-state index contributed by atoms with van der Waals surface area (Å²) in [5.41, 5.74) is 1.26. The number of hydrogen-bond acceptors (Lipinski definition) is 6. The monoisotopic (exact) mass is 457 g/mol. The Morgan fingerprint density at radius 1 is 1.03 bits per heavy atom. The molecule has 8 heteroatoms. The van der Waals surface area contributed by atoms with E-state index in [0.717, 1.165) is 10.4 Å². The smallest absolute Gasteiger partial charge is 0.225 e. The van der Waals surface area contributed by atoms with Crippen LogP contribution in [0.4, 0.5) is 5.69 Å². The van der Waals surface area contributed by atoms with Gasteiger partial charge in [-0.1, -0.05) is 24.3 Å². The summed E-state index contributed by atoms with van der Waals surface area (Å²) in [7, 11) is -3.75. The number of fused-ring (bicyclic) bond motifs is 1. The molecule has 0 saturated carbocycles. The second-order valence-corrected chi connectivity index (χ2v) is 9.86. The molecule has 1 amide bonds. The Kier molecular flexibility index (Phi) is 6.02. The van der Waals surface area contributed by atoms with Gasteiger partial charge in [0.05, 0.1) is 23.8 Å². The van der Waals surface area contributed by atoms with Crippen LogP contribution in [0.1, 0.15) is 36.6 Å². The lowest BCUT2D eigenvalue weighted by Gasteiger charge is -2.24. The minimum Gasteiger partial charge on any atom is -0.490 e. The second kappa shape index (κ2) is 8.72. The number of rotatable bonds is 7. The van der Waals surface area contributed by atoms with Crippen LogP contribution >= 0.6 is 11.3 Å². The first-order valence-electron chi connectivity index (χ1n) is 10.1. The van der Waals surface area contributed by atoms with Crippen LogP contribution in [0, 0.1) is 0 Å². The van der Waals surface area contributed by atoms with Crippen molar-refractivity contribution in [3.05, 3.63) is 64.4 Å². The average Bonchev–Trinajstić information content (AvgIpc) is 3.20. The highest BCUT2D eigenvalue weighted by Crippen LogP contribution is 2.47. The van der Waals surface area contributed by atoms with E-state index in [4.69, 9.17) is 9.47 Å². The number of nitrogens with one attached hydrogen (secondary N) is 1. The number of hydrogen-bond donors (Lipinski definition) is 1. The van der Waals surface area contributed by atoms with Gasteiger partial charge in [0.2, 0.25) is 15.7 Å². The van der Waals surface area contributed by atoms with E-state index < -0.39 is 9.84 Å². The molecule has 0 aliphatic carbocycles. The Balaban J connectivity index is 1.78. The number of sulfone groups is 1. The number of benzene rings is 2. The van der Waals surface area contributed by atoms with Crippen LogP contribution < -0.4 is 14.8 Å². The van der Waals surface area contributed by atoms with Crippen molar-refractivity contribution in [3.63, 3.8) is 0 Å². The number of thiophene rings is 1. The van der Waals surface area contributed by atoms with Gasteiger partial charge >= 0.3 is 0 Å². The fourth-order valence-electron chi connectivity index (χ4n) is 3.68. The topological polar surface area (TPSA) is 81.7 Å². The summed E-state index contributed by atoms with van der Waals surface area (Å²) < 4.78 is 37.8. The van der Waals surface area contributed by atoms with E-state index in [-0.39, 0.29) is 28.0 Å². The molecular formula is C23H23NO5S2. The van der Waals surface area contributed by atoms with Gasteiger partial charge in [-0.15, -0.1) is 11.3 Å². The fourth-order valence-corrected chi connectivity index (χ4v) is 6.61. The van der Waals surface area contributed by atoms with Crippen LogP contribution in [0.2, 0.25) is 0 Å². The summed E-state index contributed by atoms with van der Waals surface area (Å²) in [5.74, 6) is 0.783. The lowest BCUT2D eigenvalue weighted by molar-refractivity contribution is -0.116. The van der Waals surface area contributed by atoms with Gasteiger partial charge in [0.1, 0.15) is 4.90 Å². The summed E-state index contributed by atoms with van der Waals surface area (Å²) >= 11 is 1.35. The third kappa shape index (κ3) is 4.05. The largest absolute Gasteiger partial charge is 0.490 e.